The van der Waals surface area contributed by atoms with E-state index in [9.17, 15) is 8.42 Å². The van der Waals surface area contributed by atoms with Crippen LogP contribution in [0.2, 0.25) is 0 Å². The van der Waals surface area contributed by atoms with E-state index in [1.54, 1.807) is 0 Å². The van der Waals surface area contributed by atoms with E-state index >= 15 is 0 Å². The van der Waals surface area contributed by atoms with E-state index in [2.05, 4.69) is 6.42 Å². The van der Waals surface area contributed by atoms with Gasteiger partial charge in [-0.1, -0.05) is 12.0 Å². The molecule has 0 aliphatic heterocycles. The van der Waals surface area contributed by atoms with Crippen LogP contribution < -0.4 is 0 Å². The van der Waals surface area contributed by atoms with Crippen molar-refractivity contribution in [3.8, 4) is 18.1 Å². The van der Waals surface area contributed by atoms with E-state index in [0.29, 0.717) is 0 Å². The molecule has 0 aliphatic rings. The van der Waals surface area contributed by atoms with Gasteiger partial charge >= 0.3 is 0 Å². The Balaban J connectivity index is 0.000000423. The molecule has 6 heteroatoms. The van der Waals surface area contributed by atoms with Crippen molar-refractivity contribution in [1.29, 1.82) is 0 Å². The second kappa shape index (κ2) is 6.03. The van der Waals surface area contributed by atoms with Crippen LogP contribution in [0.25, 0.3) is 0 Å². The summed E-state index contributed by atoms with van der Waals surface area (Å²) in [5.74, 6) is 1.79. The Morgan fingerprint density at radius 2 is 1.93 bits per heavy atom. The summed E-state index contributed by atoms with van der Waals surface area (Å²) < 4.78 is 29.3. The Kier molecular flexibility index (Phi) is 5.41. The molecule has 0 fully saturated rings. The van der Waals surface area contributed by atoms with Crippen molar-refractivity contribution in [2.75, 3.05) is 6.61 Å². The molecule has 82 valence electrons. The number of aliphatic hydroxyl groups is 1. The van der Waals surface area contributed by atoms with Gasteiger partial charge in [-0.05, 0) is 12.1 Å². The van der Waals surface area contributed by atoms with Gasteiger partial charge in [0.25, 0.3) is 10.1 Å². The molecule has 0 saturated heterocycles. The highest BCUT2D eigenvalue weighted by Gasteiger charge is 2.08. The van der Waals surface area contributed by atoms with E-state index < -0.39 is 10.1 Å². The SMILES string of the molecule is C#CCO.O=S(=O)(O)c1cccc(O)c1. The van der Waals surface area contributed by atoms with Crippen LogP contribution in [0.4, 0.5) is 0 Å². The topological polar surface area (TPSA) is 94.8 Å². The van der Waals surface area contributed by atoms with E-state index in [4.69, 9.17) is 14.8 Å². The highest BCUT2D eigenvalue weighted by Crippen LogP contribution is 2.14. The molecule has 0 aliphatic carbocycles. The van der Waals surface area contributed by atoms with Crippen LogP contribution in [-0.2, 0) is 10.1 Å². The number of aromatic hydroxyl groups is 1. The zero-order valence-corrected chi connectivity index (χ0v) is 8.48. The Morgan fingerprint density at radius 1 is 1.40 bits per heavy atom. The molecule has 0 unspecified atom stereocenters. The molecule has 0 spiro atoms. The van der Waals surface area contributed by atoms with Gasteiger partial charge in [0.2, 0.25) is 0 Å². The van der Waals surface area contributed by atoms with Crippen LogP contribution in [0.15, 0.2) is 29.2 Å². The lowest BCUT2D eigenvalue weighted by atomic mass is 10.3. The zero-order chi connectivity index (χ0) is 11.9. The van der Waals surface area contributed by atoms with Crippen molar-refractivity contribution in [2.24, 2.45) is 0 Å². The van der Waals surface area contributed by atoms with Crippen molar-refractivity contribution in [3.63, 3.8) is 0 Å². The fourth-order valence-electron chi connectivity index (χ4n) is 0.644. The zero-order valence-electron chi connectivity index (χ0n) is 7.66. The summed E-state index contributed by atoms with van der Waals surface area (Å²) in [4.78, 5) is -0.308. The molecule has 0 aromatic heterocycles. The second-order valence-electron chi connectivity index (χ2n) is 2.33. The Morgan fingerprint density at radius 3 is 2.20 bits per heavy atom. The number of rotatable bonds is 1. The number of hydrogen-bond donors (Lipinski definition) is 3. The van der Waals surface area contributed by atoms with Gasteiger partial charge in [-0.3, -0.25) is 4.55 Å². The van der Waals surface area contributed by atoms with Gasteiger partial charge < -0.3 is 10.2 Å². The predicted molar refractivity (Wildman–Crippen MR) is 53.8 cm³/mol. The lowest BCUT2D eigenvalue weighted by Gasteiger charge is -1.95. The largest absolute Gasteiger partial charge is 0.508 e. The molecule has 0 saturated carbocycles. The molecule has 0 bridgehead atoms. The maximum atomic E-state index is 10.4. The van der Waals surface area contributed by atoms with E-state index in [-0.39, 0.29) is 17.3 Å². The molecule has 5 nitrogen and oxygen atoms in total. The summed E-state index contributed by atoms with van der Waals surface area (Å²) in [7, 11) is -4.19. The van der Waals surface area contributed by atoms with Gasteiger partial charge in [-0.15, -0.1) is 6.42 Å². The number of aliphatic hydroxyl groups excluding tert-OH is 1. The number of phenols is 1. The molecule has 1 rings (SSSR count). The third-order valence-electron chi connectivity index (χ3n) is 1.21. The van der Waals surface area contributed by atoms with Gasteiger partial charge in [-0.2, -0.15) is 8.42 Å². The molecular weight excluding hydrogens is 220 g/mol. The fraction of sp³-hybridized carbons (Fsp3) is 0.111. The molecule has 1 aromatic rings. The van der Waals surface area contributed by atoms with E-state index in [1.165, 1.54) is 18.2 Å². The number of benzene rings is 1. The Hall–Kier alpha value is -1.55. The summed E-state index contributed by atoms with van der Waals surface area (Å²) >= 11 is 0. The third-order valence-corrected chi connectivity index (χ3v) is 2.06. The predicted octanol–water partition coefficient (Wildman–Crippen LogP) is 0.251. The highest BCUT2D eigenvalue weighted by atomic mass is 32.2. The lowest BCUT2D eigenvalue weighted by molar-refractivity contribution is 0.351. The second-order valence-corrected chi connectivity index (χ2v) is 3.76. The number of terminal acetylenes is 1. The van der Waals surface area contributed by atoms with Crippen molar-refractivity contribution in [2.45, 2.75) is 4.90 Å². The molecule has 0 radical (unpaired) electrons. The van der Waals surface area contributed by atoms with Gasteiger partial charge in [0.05, 0.1) is 4.90 Å². The quantitative estimate of drug-likeness (QED) is 0.475. The molecule has 0 heterocycles. The smallest absolute Gasteiger partial charge is 0.294 e. The van der Waals surface area contributed by atoms with Gasteiger partial charge in [0, 0.05) is 6.07 Å². The molecule has 0 atom stereocenters. The Bertz CT molecular complexity index is 444. The average Bonchev–Trinajstić information content (AvgIpc) is 2.17. The van der Waals surface area contributed by atoms with Crippen LogP contribution in [0.3, 0.4) is 0 Å². The summed E-state index contributed by atoms with van der Waals surface area (Å²) in [6.07, 6.45) is 4.53. The van der Waals surface area contributed by atoms with Crippen LogP contribution >= 0.6 is 0 Å². The number of hydrogen-bond acceptors (Lipinski definition) is 4. The maximum Gasteiger partial charge on any atom is 0.294 e. The van der Waals surface area contributed by atoms with Gasteiger partial charge in [0.1, 0.15) is 12.4 Å². The van der Waals surface area contributed by atoms with Crippen molar-refractivity contribution in [1.82, 2.24) is 0 Å². The van der Waals surface area contributed by atoms with Crippen molar-refractivity contribution < 1.29 is 23.2 Å². The van der Waals surface area contributed by atoms with Crippen LogP contribution in [-0.4, -0.2) is 29.8 Å². The maximum absolute atomic E-state index is 10.4. The first-order chi connectivity index (χ1) is 6.91. The number of phenolic OH excluding ortho intramolecular Hbond substituents is 1. The van der Waals surface area contributed by atoms with Gasteiger partial charge in [0.15, 0.2) is 0 Å². The summed E-state index contributed by atoms with van der Waals surface area (Å²) in [5.41, 5.74) is 0. The average molecular weight is 230 g/mol. The normalized spacial score (nSPS) is 9.67. The minimum atomic E-state index is -4.19. The first kappa shape index (κ1) is 13.4. The molecule has 0 amide bonds. The molecule has 15 heavy (non-hydrogen) atoms. The van der Waals surface area contributed by atoms with Crippen molar-refractivity contribution >= 4 is 10.1 Å². The summed E-state index contributed by atoms with van der Waals surface area (Å²) in [5, 5.41) is 16.4. The highest BCUT2D eigenvalue weighted by molar-refractivity contribution is 7.85. The summed E-state index contributed by atoms with van der Waals surface area (Å²) in [6.45, 7) is -0.153. The first-order valence-corrected chi connectivity index (χ1v) is 5.16. The first-order valence-electron chi connectivity index (χ1n) is 3.72. The molecule has 3 N–H and O–H groups in total. The lowest BCUT2D eigenvalue weighted by Crippen LogP contribution is -1.96. The van der Waals surface area contributed by atoms with Crippen LogP contribution in [0.1, 0.15) is 0 Å². The third kappa shape index (κ3) is 5.70. The summed E-state index contributed by atoms with van der Waals surface area (Å²) in [6, 6.07) is 4.80. The van der Waals surface area contributed by atoms with Gasteiger partial charge in [-0.25, -0.2) is 0 Å². The minimum absolute atomic E-state index is 0.153. The van der Waals surface area contributed by atoms with E-state index in [0.717, 1.165) is 6.07 Å². The monoisotopic (exact) mass is 230 g/mol. The van der Waals surface area contributed by atoms with E-state index in [1.807, 2.05) is 5.92 Å². The minimum Gasteiger partial charge on any atom is -0.508 e. The van der Waals surface area contributed by atoms with Crippen molar-refractivity contribution in [3.05, 3.63) is 24.3 Å². The van der Waals surface area contributed by atoms with Crippen LogP contribution in [0.5, 0.6) is 5.75 Å². The Labute approximate surface area is 87.7 Å². The molecule has 1 aromatic carbocycles. The van der Waals surface area contributed by atoms with Crippen LogP contribution in [0, 0.1) is 12.3 Å². The fourth-order valence-corrected chi connectivity index (χ4v) is 1.16. The molecular formula is C9H10O5S. The standard InChI is InChI=1S/C6H6O4S.C3H4O/c7-5-2-1-3-6(4-5)11(8,9)10;1-2-3-4/h1-4,7H,(H,8,9,10);1,4H,3H2.